The van der Waals surface area contributed by atoms with Crippen LogP contribution in [0, 0.1) is 5.92 Å². The van der Waals surface area contributed by atoms with Gasteiger partial charge in [0, 0.05) is 12.5 Å². The van der Waals surface area contributed by atoms with E-state index in [0.717, 1.165) is 31.8 Å². The Kier molecular flexibility index (Phi) is 4.19. The molecule has 16 heavy (non-hydrogen) atoms. The van der Waals surface area contributed by atoms with E-state index in [4.69, 9.17) is 15.2 Å². The molecule has 0 radical (unpaired) electrons. The van der Waals surface area contributed by atoms with Gasteiger partial charge in [-0.25, -0.2) is 0 Å². The molecule has 1 saturated heterocycles. The lowest BCUT2D eigenvalue weighted by molar-refractivity contribution is -0.0219. The molecule has 1 heterocycles. The first-order chi connectivity index (χ1) is 7.88. The molecule has 0 unspecified atom stereocenters. The lowest BCUT2D eigenvalue weighted by Gasteiger charge is -2.28. The monoisotopic (exact) mass is 221 g/mol. The van der Waals surface area contributed by atoms with Gasteiger partial charge in [0.2, 0.25) is 0 Å². The van der Waals surface area contributed by atoms with E-state index >= 15 is 0 Å². The van der Waals surface area contributed by atoms with E-state index in [1.54, 1.807) is 0 Å². The van der Waals surface area contributed by atoms with Crippen LogP contribution in [-0.4, -0.2) is 25.9 Å². The Morgan fingerprint density at radius 2 is 2.06 bits per heavy atom. The average Bonchev–Trinajstić information content (AvgIpc) is 2.38. The summed E-state index contributed by atoms with van der Waals surface area (Å²) in [5.74, 6) is 1.44. The molecule has 1 aliphatic rings. The standard InChI is InChI=1S/C13H19NO2/c14-8-13-7-6-11(10-16-13)9-15-12-4-2-1-3-5-12/h1-5,11,13H,6-10,14H2/t11-,13+/m1/s1. The van der Waals surface area contributed by atoms with Gasteiger partial charge in [0.1, 0.15) is 5.75 Å². The summed E-state index contributed by atoms with van der Waals surface area (Å²) < 4.78 is 11.3. The molecule has 0 saturated carbocycles. The van der Waals surface area contributed by atoms with Gasteiger partial charge in [-0.3, -0.25) is 0 Å². The maximum absolute atomic E-state index is 5.70. The smallest absolute Gasteiger partial charge is 0.119 e. The molecule has 1 fully saturated rings. The Morgan fingerprint density at radius 3 is 2.69 bits per heavy atom. The molecule has 0 spiro atoms. The van der Waals surface area contributed by atoms with Crippen LogP contribution in [0.15, 0.2) is 30.3 Å². The summed E-state index contributed by atoms with van der Waals surface area (Å²) in [5, 5.41) is 0. The van der Waals surface area contributed by atoms with E-state index in [2.05, 4.69) is 0 Å². The lowest BCUT2D eigenvalue weighted by atomic mass is 9.99. The Hall–Kier alpha value is -1.06. The molecule has 0 aliphatic carbocycles. The van der Waals surface area contributed by atoms with Gasteiger partial charge in [-0.15, -0.1) is 0 Å². The van der Waals surface area contributed by atoms with Crippen LogP contribution < -0.4 is 10.5 Å². The largest absolute Gasteiger partial charge is 0.493 e. The van der Waals surface area contributed by atoms with Crippen molar-refractivity contribution >= 4 is 0 Å². The zero-order valence-corrected chi connectivity index (χ0v) is 9.47. The van der Waals surface area contributed by atoms with E-state index in [0.29, 0.717) is 12.5 Å². The fourth-order valence-corrected chi connectivity index (χ4v) is 1.91. The Morgan fingerprint density at radius 1 is 1.25 bits per heavy atom. The topological polar surface area (TPSA) is 44.5 Å². The summed E-state index contributed by atoms with van der Waals surface area (Å²) >= 11 is 0. The highest BCUT2D eigenvalue weighted by atomic mass is 16.5. The van der Waals surface area contributed by atoms with Gasteiger partial charge in [-0.2, -0.15) is 0 Å². The molecular weight excluding hydrogens is 202 g/mol. The summed E-state index contributed by atoms with van der Waals surface area (Å²) in [4.78, 5) is 0. The second-order valence-electron chi connectivity index (χ2n) is 4.26. The second-order valence-corrected chi connectivity index (χ2v) is 4.26. The van der Waals surface area contributed by atoms with Crippen molar-refractivity contribution in [3.8, 4) is 5.75 Å². The van der Waals surface area contributed by atoms with E-state index in [-0.39, 0.29) is 6.10 Å². The van der Waals surface area contributed by atoms with E-state index in [9.17, 15) is 0 Å². The molecule has 1 aromatic carbocycles. The van der Waals surface area contributed by atoms with Crippen molar-refractivity contribution in [1.82, 2.24) is 0 Å². The highest BCUT2D eigenvalue weighted by Crippen LogP contribution is 2.19. The Labute approximate surface area is 96.5 Å². The van der Waals surface area contributed by atoms with Gasteiger partial charge in [-0.05, 0) is 25.0 Å². The van der Waals surface area contributed by atoms with E-state index in [1.807, 2.05) is 30.3 Å². The second kappa shape index (κ2) is 5.87. The summed E-state index contributed by atoms with van der Waals surface area (Å²) in [7, 11) is 0. The third-order valence-corrected chi connectivity index (χ3v) is 2.96. The maximum Gasteiger partial charge on any atom is 0.119 e. The first-order valence-electron chi connectivity index (χ1n) is 5.88. The van der Waals surface area contributed by atoms with E-state index < -0.39 is 0 Å². The molecule has 3 nitrogen and oxygen atoms in total. The molecular formula is C13H19NO2. The number of ether oxygens (including phenoxy) is 2. The summed E-state index contributed by atoms with van der Waals surface area (Å²) in [6.07, 6.45) is 2.46. The Bertz CT molecular complexity index is 294. The molecule has 2 N–H and O–H groups in total. The highest BCUT2D eigenvalue weighted by molar-refractivity contribution is 5.20. The summed E-state index contributed by atoms with van der Waals surface area (Å²) in [5.41, 5.74) is 5.56. The van der Waals surface area contributed by atoms with Crippen molar-refractivity contribution in [2.75, 3.05) is 19.8 Å². The fourth-order valence-electron chi connectivity index (χ4n) is 1.91. The first kappa shape index (κ1) is 11.4. The van der Waals surface area contributed by atoms with Crippen molar-refractivity contribution in [3.05, 3.63) is 30.3 Å². The predicted molar refractivity (Wildman–Crippen MR) is 63.5 cm³/mol. The van der Waals surface area contributed by atoms with Crippen LogP contribution in [0.25, 0.3) is 0 Å². The highest BCUT2D eigenvalue weighted by Gasteiger charge is 2.20. The lowest BCUT2D eigenvalue weighted by Crippen LogP contribution is -2.33. The van der Waals surface area contributed by atoms with Crippen LogP contribution in [0.5, 0.6) is 5.75 Å². The number of rotatable bonds is 4. The number of nitrogens with two attached hydrogens (primary N) is 1. The zero-order chi connectivity index (χ0) is 11.2. The predicted octanol–water partition coefficient (Wildman–Crippen LogP) is 1.82. The number of benzene rings is 1. The molecule has 0 bridgehead atoms. The molecule has 0 amide bonds. The van der Waals surface area contributed by atoms with Gasteiger partial charge >= 0.3 is 0 Å². The van der Waals surface area contributed by atoms with Crippen molar-refractivity contribution in [3.63, 3.8) is 0 Å². The number of hydrogen-bond donors (Lipinski definition) is 1. The molecule has 88 valence electrons. The van der Waals surface area contributed by atoms with Crippen LogP contribution in [-0.2, 0) is 4.74 Å². The average molecular weight is 221 g/mol. The summed E-state index contributed by atoms with van der Waals surface area (Å²) in [6.45, 7) is 2.14. The third-order valence-electron chi connectivity index (χ3n) is 2.96. The number of hydrogen-bond acceptors (Lipinski definition) is 3. The summed E-state index contributed by atoms with van der Waals surface area (Å²) in [6, 6.07) is 9.91. The van der Waals surface area contributed by atoms with Crippen LogP contribution in [0.1, 0.15) is 12.8 Å². The van der Waals surface area contributed by atoms with Crippen molar-refractivity contribution in [2.45, 2.75) is 18.9 Å². The number of para-hydroxylation sites is 1. The minimum absolute atomic E-state index is 0.257. The minimum atomic E-state index is 0.257. The van der Waals surface area contributed by atoms with Crippen LogP contribution >= 0.6 is 0 Å². The third kappa shape index (κ3) is 3.22. The van der Waals surface area contributed by atoms with Gasteiger partial charge in [0.25, 0.3) is 0 Å². The quantitative estimate of drug-likeness (QED) is 0.843. The van der Waals surface area contributed by atoms with Crippen LogP contribution in [0.4, 0.5) is 0 Å². The van der Waals surface area contributed by atoms with Crippen LogP contribution in [0.3, 0.4) is 0 Å². The van der Waals surface area contributed by atoms with Crippen LogP contribution in [0.2, 0.25) is 0 Å². The molecule has 2 rings (SSSR count). The normalized spacial score (nSPS) is 25.3. The molecule has 0 aromatic heterocycles. The molecule has 2 atom stereocenters. The van der Waals surface area contributed by atoms with Crippen molar-refractivity contribution in [1.29, 1.82) is 0 Å². The molecule has 3 heteroatoms. The zero-order valence-electron chi connectivity index (χ0n) is 9.47. The van der Waals surface area contributed by atoms with Gasteiger partial charge in [0.05, 0.1) is 19.3 Å². The first-order valence-corrected chi connectivity index (χ1v) is 5.88. The molecule has 1 aliphatic heterocycles. The van der Waals surface area contributed by atoms with Gasteiger partial charge in [0.15, 0.2) is 0 Å². The maximum atomic E-state index is 5.70. The van der Waals surface area contributed by atoms with Gasteiger partial charge < -0.3 is 15.2 Å². The SMILES string of the molecule is NC[C@@H]1CC[C@H](COc2ccccc2)CO1. The molecule has 1 aromatic rings. The minimum Gasteiger partial charge on any atom is -0.493 e. The Balaban J connectivity index is 1.72. The van der Waals surface area contributed by atoms with E-state index in [1.165, 1.54) is 0 Å². The van der Waals surface area contributed by atoms with Crippen molar-refractivity contribution in [2.24, 2.45) is 11.7 Å². The van der Waals surface area contributed by atoms with Crippen molar-refractivity contribution < 1.29 is 9.47 Å². The van der Waals surface area contributed by atoms with Gasteiger partial charge in [-0.1, -0.05) is 18.2 Å². The fraction of sp³-hybridized carbons (Fsp3) is 0.538.